The molecule has 2 rings (SSSR count). The predicted octanol–water partition coefficient (Wildman–Crippen LogP) is 6.29. The summed E-state index contributed by atoms with van der Waals surface area (Å²) in [5.74, 6) is 0.810. The van der Waals surface area contributed by atoms with Gasteiger partial charge < -0.3 is 8.37 Å². The molecule has 0 fully saturated rings. The Bertz CT molecular complexity index is 1520. The Labute approximate surface area is 264 Å². The highest BCUT2D eigenvalue weighted by atomic mass is 32.2. The number of benzene rings is 2. The summed E-state index contributed by atoms with van der Waals surface area (Å²) in [6.45, 7) is 4.08. The van der Waals surface area contributed by atoms with E-state index in [1.54, 1.807) is 36.4 Å². The maximum absolute atomic E-state index is 12.1. The lowest BCUT2D eigenvalue weighted by atomic mass is 9.89. The highest BCUT2D eigenvalue weighted by molar-refractivity contribution is 7.91. The predicted molar refractivity (Wildman–Crippen MR) is 177 cm³/mol. The maximum atomic E-state index is 12.1. The van der Waals surface area contributed by atoms with Gasteiger partial charge in [0.1, 0.15) is 21.3 Å². The molecular weight excluding hydrogens is 625 g/mol. The first kappa shape index (κ1) is 37.7. The molecule has 0 heterocycles. The number of hydrogen-bond donors (Lipinski definition) is 2. The first-order valence-corrected chi connectivity index (χ1v) is 20.1. The van der Waals surface area contributed by atoms with Crippen molar-refractivity contribution in [3.63, 3.8) is 0 Å². The molecule has 0 aliphatic rings. The largest absolute Gasteiger partial charge is 0.380 e. The summed E-state index contributed by atoms with van der Waals surface area (Å²) in [4.78, 5) is 0. The smallest absolute Gasteiger partial charge is 0.371 e. The molecule has 4 N–H and O–H groups in total. The third-order valence-electron chi connectivity index (χ3n) is 7.22. The molecular formula is C31H48N2O8S3. The van der Waals surface area contributed by atoms with Gasteiger partial charge in [-0.2, -0.15) is 27.1 Å². The van der Waals surface area contributed by atoms with Crippen LogP contribution in [-0.2, 0) is 30.4 Å². The van der Waals surface area contributed by atoms with E-state index in [0.29, 0.717) is 12.2 Å². The Hall–Kier alpha value is -2.45. The zero-order chi connectivity index (χ0) is 32.6. The van der Waals surface area contributed by atoms with E-state index in [9.17, 15) is 25.3 Å². The van der Waals surface area contributed by atoms with Crippen molar-refractivity contribution in [3.8, 4) is 11.5 Å². The highest BCUT2D eigenvalue weighted by Gasteiger charge is 2.14. The van der Waals surface area contributed by atoms with Crippen LogP contribution in [0.5, 0.6) is 11.5 Å². The van der Waals surface area contributed by atoms with Crippen LogP contribution in [0, 0.1) is 0 Å². The van der Waals surface area contributed by atoms with E-state index in [1.807, 2.05) is 13.0 Å². The lowest BCUT2D eigenvalue weighted by Gasteiger charge is -2.17. The van der Waals surface area contributed by atoms with Gasteiger partial charge >= 0.3 is 20.6 Å². The number of sulfone groups is 1. The Morgan fingerprint density at radius 2 is 1.11 bits per heavy atom. The molecule has 0 amide bonds. The van der Waals surface area contributed by atoms with Crippen LogP contribution in [0.4, 0.5) is 0 Å². The van der Waals surface area contributed by atoms with Crippen LogP contribution in [0.15, 0.2) is 48.5 Å². The van der Waals surface area contributed by atoms with Crippen molar-refractivity contribution < 1.29 is 33.6 Å². The van der Waals surface area contributed by atoms with Gasteiger partial charge in [0.05, 0.1) is 11.5 Å². The summed E-state index contributed by atoms with van der Waals surface area (Å²) in [7, 11) is -11.2. The second-order valence-corrected chi connectivity index (χ2v) is 15.6. The maximum Gasteiger partial charge on any atom is 0.380 e. The van der Waals surface area contributed by atoms with Gasteiger partial charge in [0.25, 0.3) is 0 Å². The van der Waals surface area contributed by atoms with Gasteiger partial charge in [-0.1, -0.05) is 89.5 Å². The summed E-state index contributed by atoms with van der Waals surface area (Å²) in [5.41, 5.74) is 3.71. The zero-order valence-corrected chi connectivity index (χ0v) is 28.3. The second kappa shape index (κ2) is 18.5. The third-order valence-corrected chi connectivity index (χ3v) is 9.89. The molecule has 10 nitrogen and oxygen atoms in total. The molecule has 2 aromatic carbocycles. The SMILES string of the molecule is CCCCCS(=O)(=O)CCCCCCCCCC/C(=C(/CC)c1cccc(OS(N)(=O)=O)c1)c1ccc(OS(N)(=O)=O)cc1. The molecule has 0 unspecified atom stereocenters. The summed E-state index contributed by atoms with van der Waals surface area (Å²) in [5, 5.41) is 10.1. The van der Waals surface area contributed by atoms with E-state index in [4.69, 9.17) is 18.6 Å². The minimum absolute atomic E-state index is 0.103. The number of unbranched alkanes of at least 4 members (excludes halogenated alkanes) is 9. The van der Waals surface area contributed by atoms with Crippen molar-refractivity contribution in [3.05, 3.63) is 59.7 Å². The molecule has 248 valence electrons. The zero-order valence-electron chi connectivity index (χ0n) is 25.9. The lowest BCUT2D eigenvalue weighted by molar-refractivity contribution is 0.485. The van der Waals surface area contributed by atoms with E-state index < -0.39 is 30.4 Å². The monoisotopic (exact) mass is 672 g/mol. The Morgan fingerprint density at radius 1 is 0.591 bits per heavy atom. The Kier molecular flexibility index (Phi) is 15.9. The molecule has 2 aromatic rings. The van der Waals surface area contributed by atoms with Crippen LogP contribution < -0.4 is 18.6 Å². The van der Waals surface area contributed by atoms with E-state index >= 15 is 0 Å². The van der Waals surface area contributed by atoms with Crippen LogP contribution in [-0.4, -0.2) is 36.8 Å². The fourth-order valence-electron chi connectivity index (χ4n) is 5.14. The number of rotatable bonds is 22. The van der Waals surface area contributed by atoms with Crippen molar-refractivity contribution in [1.29, 1.82) is 0 Å². The van der Waals surface area contributed by atoms with Crippen LogP contribution in [0.3, 0.4) is 0 Å². The minimum Gasteiger partial charge on any atom is -0.371 e. The number of nitrogens with two attached hydrogens (primary N) is 2. The number of allylic oxidation sites excluding steroid dienone is 2. The van der Waals surface area contributed by atoms with Crippen LogP contribution in [0.25, 0.3) is 11.1 Å². The van der Waals surface area contributed by atoms with Gasteiger partial charge in [0.15, 0.2) is 0 Å². The first-order valence-electron chi connectivity index (χ1n) is 15.3. The molecule has 0 radical (unpaired) electrons. The summed E-state index contributed by atoms with van der Waals surface area (Å²) >= 11 is 0. The summed E-state index contributed by atoms with van der Waals surface area (Å²) in [6.07, 6.45) is 11.9. The summed E-state index contributed by atoms with van der Waals surface area (Å²) in [6, 6.07) is 13.4. The molecule has 44 heavy (non-hydrogen) atoms. The highest BCUT2D eigenvalue weighted by Crippen LogP contribution is 2.35. The third kappa shape index (κ3) is 15.5. The minimum atomic E-state index is -4.18. The second-order valence-electron chi connectivity index (χ2n) is 11.0. The van der Waals surface area contributed by atoms with Crippen molar-refractivity contribution in [2.45, 2.75) is 97.3 Å². The first-order chi connectivity index (χ1) is 20.7. The van der Waals surface area contributed by atoms with E-state index in [1.165, 1.54) is 6.07 Å². The standard InChI is InChI=1S/C31H48N2O8S3/c1-3-5-13-23-42(34,35)24-14-11-9-7-6-8-10-12-18-31(26-19-21-28(22-20-26)40-43(32,36)37)30(4-2)27-16-15-17-29(25-27)41-44(33,38)39/h15-17,19-22,25H,3-14,18,23-24H2,1-2H3,(H2,32,36,37)(H2,33,38,39)/b31-30+. The van der Waals surface area contributed by atoms with Gasteiger partial charge in [0, 0.05) is 0 Å². The van der Waals surface area contributed by atoms with Gasteiger partial charge in [-0.05, 0) is 78.6 Å². The van der Waals surface area contributed by atoms with Gasteiger partial charge in [-0.3, -0.25) is 0 Å². The molecule has 0 saturated heterocycles. The topological polar surface area (TPSA) is 173 Å². The molecule has 0 spiro atoms. The van der Waals surface area contributed by atoms with Crippen molar-refractivity contribution in [2.75, 3.05) is 11.5 Å². The quantitative estimate of drug-likeness (QED) is 0.108. The molecule has 0 aromatic heterocycles. The fourth-order valence-corrected chi connectivity index (χ4v) is 7.38. The van der Waals surface area contributed by atoms with Crippen LogP contribution >= 0.6 is 0 Å². The van der Waals surface area contributed by atoms with E-state index in [-0.39, 0.29) is 17.3 Å². The molecule has 0 aliphatic heterocycles. The molecule has 0 aliphatic carbocycles. The van der Waals surface area contributed by atoms with Crippen molar-refractivity contribution in [1.82, 2.24) is 0 Å². The Balaban J connectivity index is 2.03. The lowest BCUT2D eigenvalue weighted by Crippen LogP contribution is -2.18. The average Bonchev–Trinajstić information content (AvgIpc) is 2.92. The van der Waals surface area contributed by atoms with Gasteiger partial charge in [-0.15, -0.1) is 0 Å². The van der Waals surface area contributed by atoms with Crippen molar-refractivity contribution in [2.24, 2.45) is 10.3 Å². The number of hydrogen-bond acceptors (Lipinski definition) is 8. The van der Waals surface area contributed by atoms with Crippen LogP contribution in [0.2, 0.25) is 0 Å². The normalized spacial score (nSPS) is 13.0. The fraction of sp³-hybridized carbons (Fsp3) is 0.548. The van der Waals surface area contributed by atoms with E-state index in [0.717, 1.165) is 99.3 Å². The molecule has 0 bridgehead atoms. The van der Waals surface area contributed by atoms with Crippen molar-refractivity contribution >= 4 is 41.6 Å². The van der Waals surface area contributed by atoms with Gasteiger partial charge in [-0.25, -0.2) is 8.42 Å². The molecule has 0 saturated carbocycles. The molecule has 13 heteroatoms. The van der Waals surface area contributed by atoms with E-state index in [2.05, 4.69) is 6.92 Å². The Morgan fingerprint density at radius 3 is 1.66 bits per heavy atom. The average molecular weight is 673 g/mol. The summed E-state index contributed by atoms with van der Waals surface area (Å²) < 4.78 is 79.5. The van der Waals surface area contributed by atoms with Gasteiger partial charge in [0.2, 0.25) is 0 Å². The molecule has 0 atom stereocenters. The van der Waals surface area contributed by atoms with Crippen LogP contribution in [0.1, 0.15) is 108 Å².